The molecule has 0 aliphatic heterocycles. The molecular weight excluding hydrogens is 88.1 g/mol. The van der Waals surface area contributed by atoms with Crippen molar-refractivity contribution in [1.82, 2.24) is 0 Å². The molecule has 0 saturated heterocycles. The lowest BCUT2D eigenvalue weighted by Crippen LogP contribution is -1.91. The topological polar surface area (TPSA) is 28.1 Å². The molecule has 0 heterocycles. The van der Waals surface area contributed by atoms with Gasteiger partial charge in [-0.3, -0.25) is 4.85 Å². The van der Waals surface area contributed by atoms with E-state index in [0.717, 1.165) is 0 Å². The van der Waals surface area contributed by atoms with Crippen molar-refractivity contribution in [3.8, 4) is 6.07 Å². The van der Waals surface area contributed by atoms with Gasteiger partial charge in [0.1, 0.15) is 0 Å². The molecule has 1 unspecified atom stereocenters. The van der Waals surface area contributed by atoms with Gasteiger partial charge in [-0.05, 0) is 0 Å². The van der Waals surface area contributed by atoms with E-state index >= 15 is 0 Å². The van der Waals surface area contributed by atoms with Crippen molar-refractivity contribution in [3.05, 3.63) is 11.4 Å². The molecule has 0 aromatic heterocycles. The van der Waals surface area contributed by atoms with Gasteiger partial charge in [-0.2, -0.15) is 5.26 Å². The van der Waals surface area contributed by atoms with Crippen molar-refractivity contribution in [2.75, 3.05) is 0 Å². The predicted molar refractivity (Wildman–Crippen MR) is 26.3 cm³/mol. The van der Waals surface area contributed by atoms with Crippen LogP contribution in [0.5, 0.6) is 0 Å². The largest absolute Gasteiger partial charge is 0.306 e. The Labute approximate surface area is 43.2 Å². The van der Waals surface area contributed by atoms with Crippen molar-refractivity contribution in [3.63, 3.8) is 0 Å². The zero-order valence-electron chi connectivity index (χ0n) is 4.18. The molecule has 0 radical (unpaired) electrons. The van der Waals surface area contributed by atoms with E-state index in [4.69, 9.17) is 11.8 Å². The van der Waals surface area contributed by atoms with E-state index in [0.29, 0.717) is 6.42 Å². The van der Waals surface area contributed by atoms with E-state index in [2.05, 4.69) is 4.85 Å². The zero-order valence-corrected chi connectivity index (χ0v) is 4.18. The molecule has 2 nitrogen and oxygen atoms in total. The third-order valence-corrected chi connectivity index (χ3v) is 0.692. The Balaban J connectivity index is 3.50. The summed E-state index contributed by atoms with van der Waals surface area (Å²) in [5.41, 5.74) is 0. The van der Waals surface area contributed by atoms with Crippen LogP contribution in [0.2, 0.25) is 0 Å². The average molecular weight is 94.1 g/mol. The molecule has 1 atom stereocenters. The summed E-state index contributed by atoms with van der Waals surface area (Å²) in [4.78, 5) is 3.01. The number of nitrogens with zero attached hydrogens (tertiary/aromatic N) is 2. The average Bonchev–Trinajstić information content (AvgIpc) is 1.72. The summed E-state index contributed by atoms with van der Waals surface area (Å²) >= 11 is 0. The minimum atomic E-state index is -0.417. The molecule has 0 saturated carbocycles. The van der Waals surface area contributed by atoms with Gasteiger partial charge in [-0.15, -0.1) is 0 Å². The van der Waals surface area contributed by atoms with Gasteiger partial charge >= 0.3 is 6.04 Å². The predicted octanol–water partition coefficient (Wildman–Crippen LogP) is 1.21. The first-order chi connectivity index (χ1) is 3.35. The van der Waals surface area contributed by atoms with E-state index < -0.39 is 6.04 Å². The van der Waals surface area contributed by atoms with Crippen LogP contribution in [0.15, 0.2) is 0 Å². The highest BCUT2D eigenvalue weighted by molar-refractivity contribution is 4.96. The highest BCUT2D eigenvalue weighted by Gasteiger charge is 2.02. The lowest BCUT2D eigenvalue weighted by atomic mass is 10.3. The summed E-state index contributed by atoms with van der Waals surface area (Å²) in [5, 5.41) is 8.06. The summed E-state index contributed by atoms with van der Waals surface area (Å²) < 4.78 is 0. The van der Waals surface area contributed by atoms with Crippen molar-refractivity contribution in [1.29, 1.82) is 5.26 Å². The Morgan fingerprint density at radius 3 is 2.57 bits per heavy atom. The van der Waals surface area contributed by atoms with Crippen LogP contribution in [0.3, 0.4) is 0 Å². The maximum atomic E-state index is 8.06. The third kappa shape index (κ3) is 1.78. The van der Waals surface area contributed by atoms with Crippen LogP contribution < -0.4 is 0 Å². The molecule has 0 aromatic rings. The minimum absolute atomic E-state index is 0.417. The molecular formula is C5H6N2. The first kappa shape index (κ1) is 5.98. The smallest absolute Gasteiger partial charge is 0.297 e. The van der Waals surface area contributed by atoms with Gasteiger partial charge < -0.3 is 0 Å². The highest BCUT2D eigenvalue weighted by atomic mass is 14.7. The Hall–Kier alpha value is -1.02. The van der Waals surface area contributed by atoms with Gasteiger partial charge in [-0.1, -0.05) is 6.92 Å². The third-order valence-electron chi connectivity index (χ3n) is 0.692. The summed E-state index contributed by atoms with van der Waals surface area (Å²) in [7, 11) is 0. The van der Waals surface area contributed by atoms with Crippen molar-refractivity contribution in [2.45, 2.75) is 19.4 Å². The lowest BCUT2D eigenvalue weighted by Gasteiger charge is -1.81. The monoisotopic (exact) mass is 94.1 g/mol. The molecule has 36 valence electrons. The molecule has 0 amide bonds. The Morgan fingerprint density at radius 2 is 2.57 bits per heavy atom. The summed E-state index contributed by atoms with van der Waals surface area (Å²) in [6.07, 6.45) is 0.639. The minimum Gasteiger partial charge on any atom is -0.297 e. The summed E-state index contributed by atoms with van der Waals surface area (Å²) in [5.74, 6) is 0. The number of rotatable bonds is 1. The normalized spacial score (nSPS) is 11.3. The van der Waals surface area contributed by atoms with E-state index in [1.807, 2.05) is 13.0 Å². The Morgan fingerprint density at radius 1 is 2.00 bits per heavy atom. The summed E-state index contributed by atoms with van der Waals surface area (Å²) in [6.45, 7) is 8.19. The molecule has 7 heavy (non-hydrogen) atoms. The summed E-state index contributed by atoms with van der Waals surface area (Å²) in [6, 6.07) is 1.43. The van der Waals surface area contributed by atoms with Crippen LogP contribution in [-0.4, -0.2) is 6.04 Å². The molecule has 0 aromatic carbocycles. The maximum absolute atomic E-state index is 8.06. The second-order valence-electron chi connectivity index (χ2n) is 1.18. The zero-order chi connectivity index (χ0) is 5.70. The fourth-order valence-corrected chi connectivity index (χ4v) is 0.211. The van der Waals surface area contributed by atoms with E-state index in [1.54, 1.807) is 0 Å². The molecule has 0 spiro atoms. The first-order valence-electron chi connectivity index (χ1n) is 2.11. The Bertz CT molecular complexity index is 101. The molecule has 0 N–H and O–H groups in total. The highest BCUT2D eigenvalue weighted by Crippen LogP contribution is 1.91. The van der Waals surface area contributed by atoms with Gasteiger partial charge in [0.2, 0.25) is 0 Å². The Kier molecular flexibility index (Phi) is 2.72. The van der Waals surface area contributed by atoms with Gasteiger partial charge in [0.05, 0.1) is 0 Å². The van der Waals surface area contributed by atoms with Crippen LogP contribution in [0.1, 0.15) is 13.3 Å². The van der Waals surface area contributed by atoms with E-state index in [1.165, 1.54) is 0 Å². The van der Waals surface area contributed by atoms with E-state index in [-0.39, 0.29) is 0 Å². The molecule has 0 aliphatic carbocycles. The first-order valence-corrected chi connectivity index (χ1v) is 2.11. The fourth-order valence-electron chi connectivity index (χ4n) is 0.211. The van der Waals surface area contributed by atoms with Crippen LogP contribution in [0, 0.1) is 17.9 Å². The number of hydrogen-bond acceptors (Lipinski definition) is 1. The number of nitriles is 1. The molecule has 0 rings (SSSR count). The van der Waals surface area contributed by atoms with Crippen LogP contribution in [0.25, 0.3) is 4.85 Å². The lowest BCUT2D eigenvalue weighted by molar-refractivity contribution is 0.898. The van der Waals surface area contributed by atoms with Crippen LogP contribution in [0.4, 0.5) is 0 Å². The van der Waals surface area contributed by atoms with Crippen LogP contribution in [-0.2, 0) is 0 Å². The molecule has 0 bridgehead atoms. The second-order valence-corrected chi connectivity index (χ2v) is 1.18. The van der Waals surface area contributed by atoms with Crippen molar-refractivity contribution < 1.29 is 0 Å². The molecule has 0 aliphatic rings. The van der Waals surface area contributed by atoms with Crippen molar-refractivity contribution >= 4 is 0 Å². The standard InChI is InChI=1S/C5H6N2/c1-3-5(4-6)7-2/h5H,3H2,1H3. The SMILES string of the molecule is [C-]#[N+]C(C#N)CC. The second kappa shape index (κ2) is 3.18. The van der Waals surface area contributed by atoms with Gasteiger partial charge in [0.25, 0.3) is 0 Å². The maximum Gasteiger partial charge on any atom is 0.306 e. The van der Waals surface area contributed by atoms with E-state index in [9.17, 15) is 0 Å². The fraction of sp³-hybridized carbons (Fsp3) is 0.600. The molecule has 0 fully saturated rings. The van der Waals surface area contributed by atoms with Gasteiger partial charge in [0.15, 0.2) is 6.07 Å². The van der Waals surface area contributed by atoms with Crippen LogP contribution >= 0.6 is 0 Å². The van der Waals surface area contributed by atoms with Gasteiger partial charge in [0, 0.05) is 6.42 Å². The van der Waals surface area contributed by atoms with Gasteiger partial charge in [-0.25, -0.2) is 6.57 Å². The molecule has 2 heteroatoms. The number of hydrogen-bond donors (Lipinski definition) is 0. The quantitative estimate of drug-likeness (QED) is 0.449. The van der Waals surface area contributed by atoms with Crippen molar-refractivity contribution in [2.24, 2.45) is 0 Å².